The molecule has 2 aliphatic heterocycles. The fraction of sp³-hybridized carbons (Fsp3) is 0.600. The lowest BCUT2D eigenvalue weighted by Crippen LogP contribution is -2.10. The van der Waals surface area contributed by atoms with Crippen LogP contribution in [0.3, 0.4) is 0 Å². The van der Waals surface area contributed by atoms with Gasteiger partial charge in [0.15, 0.2) is 6.21 Å². The topological polar surface area (TPSA) is 15.4 Å². The molecule has 0 saturated heterocycles. The predicted octanol–water partition coefficient (Wildman–Crippen LogP) is 0.186. The predicted molar refractivity (Wildman–Crippen MR) is 36.0 cm³/mol. The molecule has 0 spiro atoms. The SMILES string of the molecule is C1=NC2=[N+](C1)CCS2. The van der Waals surface area contributed by atoms with Crippen LogP contribution in [0.15, 0.2) is 4.99 Å². The van der Waals surface area contributed by atoms with E-state index in [2.05, 4.69) is 9.57 Å². The van der Waals surface area contributed by atoms with Crippen LogP contribution < -0.4 is 0 Å². The first-order chi connectivity index (χ1) is 3.97. The van der Waals surface area contributed by atoms with Gasteiger partial charge in [0.25, 0.3) is 0 Å². The summed E-state index contributed by atoms with van der Waals surface area (Å²) in [6.45, 7) is 2.24. The van der Waals surface area contributed by atoms with Gasteiger partial charge in [-0.15, -0.1) is 0 Å². The van der Waals surface area contributed by atoms with E-state index in [1.807, 2.05) is 18.0 Å². The van der Waals surface area contributed by atoms with Gasteiger partial charge in [-0.1, -0.05) is 0 Å². The molecule has 0 atom stereocenters. The summed E-state index contributed by atoms with van der Waals surface area (Å²) in [4.78, 5) is 4.18. The molecule has 42 valence electrons. The minimum atomic E-state index is 1.04. The zero-order chi connectivity index (χ0) is 5.40. The van der Waals surface area contributed by atoms with Crippen molar-refractivity contribution in [1.29, 1.82) is 0 Å². The van der Waals surface area contributed by atoms with Gasteiger partial charge in [0, 0.05) is 5.75 Å². The fourth-order valence-electron chi connectivity index (χ4n) is 0.940. The molecule has 0 aromatic heterocycles. The van der Waals surface area contributed by atoms with Crippen LogP contribution in [0.5, 0.6) is 0 Å². The molecule has 0 amide bonds. The molecule has 3 heteroatoms. The molecule has 2 rings (SSSR count). The largest absolute Gasteiger partial charge is 0.354 e. The van der Waals surface area contributed by atoms with Gasteiger partial charge in [-0.2, -0.15) is 0 Å². The van der Waals surface area contributed by atoms with Crippen LogP contribution in [-0.2, 0) is 0 Å². The quantitative estimate of drug-likeness (QED) is 0.424. The highest BCUT2D eigenvalue weighted by Crippen LogP contribution is 2.14. The molecule has 0 radical (unpaired) electrons. The summed E-state index contributed by atoms with van der Waals surface area (Å²) >= 11 is 1.86. The van der Waals surface area contributed by atoms with Crippen molar-refractivity contribution in [2.24, 2.45) is 4.99 Å². The second-order valence-electron chi connectivity index (χ2n) is 1.89. The van der Waals surface area contributed by atoms with Crippen LogP contribution in [0.1, 0.15) is 0 Å². The van der Waals surface area contributed by atoms with Gasteiger partial charge < -0.3 is 0 Å². The molecule has 0 aromatic carbocycles. The van der Waals surface area contributed by atoms with Gasteiger partial charge in [-0.05, 0) is 16.8 Å². The average molecular weight is 127 g/mol. The zero-order valence-electron chi connectivity index (χ0n) is 4.50. The number of aliphatic imine (C=N–C) groups is 1. The lowest BCUT2D eigenvalue weighted by molar-refractivity contribution is -0.498. The zero-order valence-corrected chi connectivity index (χ0v) is 5.32. The Balaban J connectivity index is 2.33. The molecule has 0 aliphatic carbocycles. The summed E-state index contributed by atoms with van der Waals surface area (Å²) in [5.74, 6) is 1.23. The summed E-state index contributed by atoms with van der Waals surface area (Å²) in [6, 6.07) is 0. The van der Waals surface area contributed by atoms with E-state index >= 15 is 0 Å². The first-order valence-electron chi connectivity index (χ1n) is 2.74. The Hall–Kier alpha value is -0.310. The minimum absolute atomic E-state index is 1.04. The molecule has 8 heavy (non-hydrogen) atoms. The molecule has 2 heterocycles. The summed E-state index contributed by atoms with van der Waals surface area (Å²) < 4.78 is 2.30. The van der Waals surface area contributed by atoms with E-state index in [-0.39, 0.29) is 0 Å². The summed E-state index contributed by atoms with van der Waals surface area (Å²) in [5, 5.41) is 1.23. The average Bonchev–Trinajstić information content (AvgIpc) is 2.15. The Kier molecular flexibility index (Phi) is 0.903. The van der Waals surface area contributed by atoms with E-state index in [0.717, 1.165) is 6.54 Å². The lowest BCUT2D eigenvalue weighted by Gasteiger charge is -1.85. The van der Waals surface area contributed by atoms with Crippen molar-refractivity contribution in [2.75, 3.05) is 18.8 Å². The van der Waals surface area contributed by atoms with Crippen LogP contribution >= 0.6 is 11.8 Å². The van der Waals surface area contributed by atoms with Crippen LogP contribution in [0, 0.1) is 0 Å². The number of amidine groups is 1. The van der Waals surface area contributed by atoms with E-state index < -0.39 is 0 Å². The maximum absolute atomic E-state index is 4.18. The van der Waals surface area contributed by atoms with Crippen molar-refractivity contribution in [3.05, 3.63) is 0 Å². The first kappa shape index (κ1) is 4.56. The molecular formula is C5H7N2S+. The molecular weight excluding hydrogens is 120 g/mol. The smallest absolute Gasteiger partial charge is 0.244 e. The standard InChI is InChI=1S/C5H7N2S/c1-2-7-3-4-8-5(7)6-1/h1H,2-4H2/q+1. The van der Waals surface area contributed by atoms with E-state index in [4.69, 9.17) is 0 Å². The van der Waals surface area contributed by atoms with Crippen LogP contribution in [0.2, 0.25) is 0 Å². The van der Waals surface area contributed by atoms with E-state index in [9.17, 15) is 0 Å². The highest BCUT2D eigenvalue weighted by Gasteiger charge is 2.24. The molecule has 2 aliphatic rings. The lowest BCUT2D eigenvalue weighted by atomic mass is 10.6. The van der Waals surface area contributed by atoms with Gasteiger partial charge in [-0.3, -0.25) is 0 Å². The molecule has 0 saturated carbocycles. The third kappa shape index (κ3) is 0.508. The number of hydrogen-bond donors (Lipinski definition) is 0. The number of hydrogen-bond acceptors (Lipinski definition) is 2. The van der Waals surface area contributed by atoms with Crippen molar-refractivity contribution in [3.8, 4) is 0 Å². The Morgan fingerprint density at radius 1 is 1.75 bits per heavy atom. The van der Waals surface area contributed by atoms with Crippen LogP contribution in [0.4, 0.5) is 0 Å². The second-order valence-corrected chi connectivity index (χ2v) is 2.95. The number of thioether (sulfide) groups is 1. The third-order valence-electron chi connectivity index (χ3n) is 1.37. The molecule has 0 fully saturated rings. The monoisotopic (exact) mass is 127 g/mol. The minimum Gasteiger partial charge on any atom is -0.244 e. The van der Waals surface area contributed by atoms with Gasteiger partial charge in [0.1, 0.15) is 6.54 Å². The van der Waals surface area contributed by atoms with Crippen molar-refractivity contribution in [3.63, 3.8) is 0 Å². The Morgan fingerprint density at radius 2 is 2.75 bits per heavy atom. The molecule has 0 unspecified atom stereocenters. The van der Waals surface area contributed by atoms with Crippen LogP contribution in [0.25, 0.3) is 0 Å². The molecule has 0 N–H and O–H groups in total. The van der Waals surface area contributed by atoms with E-state index in [0.29, 0.717) is 0 Å². The number of nitrogens with zero attached hydrogens (tertiary/aromatic N) is 2. The van der Waals surface area contributed by atoms with Gasteiger partial charge >= 0.3 is 5.17 Å². The Bertz CT molecular complexity index is 171. The van der Waals surface area contributed by atoms with Crippen molar-refractivity contribution >= 4 is 23.1 Å². The fourth-order valence-corrected chi connectivity index (χ4v) is 1.93. The van der Waals surface area contributed by atoms with Gasteiger partial charge in [0.05, 0.1) is 6.54 Å². The summed E-state index contributed by atoms with van der Waals surface area (Å²) in [5.41, 5.74) is 0. The van der Waals surface area contributed by atoms with Crippen LogP contribution in [-0.4, -0.2) is 34.8 Å². The van der Waals surface area contributed by atoms with Gasteiger partial charge in [0.2, 0.25) is 0 Å². The van der Waals surface area contributed by atoms with Crippen molar-refractivity contribution < 1.29 is 4.58 Å². The molecule has 2 nitrogen and oxygen atoms in total. The normalized spacial score (nSPS) is 25.0. The highest BCUT2D eigenvalue weighted by molar-refractivity contribution is 8.13. The van der Waals surface area contributed by atoms with Crippen molar-refractivity contribution in [2.45, 2.75) is 0 Å². The second kappa shape index (κ2) is 1.58. The summed E-state index contributed by atoms with van der Waals surface area (Å²) in [7, 11) is 0. The Morgan fingerprint density at radius 3 is 3.62 bits per heavy atom. The maximum Gasteiger partial charge on any atom is 0.354 e. The van der Waals surface area contributed by atoms with E-state index in [1.54, 1.807) is 0 Å². The van der Waals surface area contributed by atoms with E-state index in [1.165, 1.54) is 17.5 Å². The van der Waals surface area contributed by atoms with Crippen molar-refractivity contribution in [1.82, 2.24) is 0 Å². The maximum atomic E-state index is 4.18. The summed E-state index contributed by atoms with van der Waals surface area (Å²) in [6.07, 6.45) is 1.97. The Labute approximate surface area is 52.3 Å². The highest BCUT2D eigenvalue weighted by atomic mass is 32.2. The molecule has 0 aromatic rings. The number of rotatable bonds is 0. The molecule has 0 bridgehead atoms. The first-order valence-corrected chi connectivity index (χ1v) is 3.72. The third-order valence-corrected chi connectivity index (χ3v) is 2.38. The van der Waals surface area contributed by atoms with Gasteiger partial charge in [-0.25, -0.2) is 4.58 Å².